The van der Waals surface area contributed by atoms with Gasteiger partial charge in [-0.2, -0.15) is 0 Å². The molecule has 1 heterocycles. The molecule has 0 radical (unpaired) electrons. The van der Waals surface area contributed by atoms with E-state index in [-0.39, 0.29) is 5.82 Å². The quantitative estimate of drug-likeness (QED) is 0.509. The Hall–Kier alpha value is -2.73. The first-order valence-corrected chi connectivity index (χ1v) is 10.1. The van der Waals surface area contributed by atoms with Crippen LogP contribution in [-0.2, 0) is 6.61 Å². The molecule has 4 nitrogen and oxygen atoms in total. The smallest absolute Gasteiger partial charge is 0.180 e. The number of hydrogen-bond acceptors (Lipinski definition) is 4. The zero-order valence-corrected chi connectivity index (χ0v) is 16.9. The minimum atomic E-state index is -1.60. The van der Waals surface area contributed by atoms with Gasteiger partial charge in [0, 0.05) is 22.3 Å². The summed E-state index contributed by atoms with van der Waals surface area (Å²) in [4.78, 5) is 4.42. The number of nitrogens with zero attached hydrogens (tertiary/aromatic N) is 1. The van der Waals surface area contributed by atoms with Crippen molar-refractivity contribution >= 4 is 22.7 Å². The van der Waals surface area contributed by atoms with Crippen molar-refractivity contribution in [3.8, 4) is 5.75 Å². The van der Waals surface area contributed by atoms with Crippen LogP contribution in [0.1, 0.15) is 47.9 Å². The second kappa shape index (κ2) is 8.96. The van der Waals surface area contributed by atoms with Gasteiger partial charge in [0.05, 0.1) is 5.69 Å². The summed E-state index contributed by atoms with van der Waals surface area (Å²) in [5.74, 6) is 0.379. The molecule has 1 aromatic heterocycles. The molecule has 0 saturated heterocycles. The Balaban J connectivity index is 1.73. The fourth-order valence-corrected chi connectivity index (χ4v) is 3.96. The Bertz CT molecular complexity index is 1080. The Labute approximate surface area is 179 Å². The number of allylic oxidation sites excluding steroid dienone is 2. The fourth-order valence-electron chi connectivity index (χ4n) is 3.79. The van der Waals surface area contributed by atoms with Crippen molar-refractivity contribution in [1.29, 1.82) is 0 Å². The minimum absolute atomic E-state index is 0.288. The highest BCUT2D eigenvalue weighted by atomic mass is 35.5. The average Bonchev–Trinajstić information content (AvgIpc) is 3.23. The molecule has 1 aliphatic carbocycles. The normalized spacial score (nSPS) is 13.9. The number of aliphatic hydroxyl groups is 2. The molecule has 6 heteroatoms. The van der Waals surface area contributed by atoms with E-state index in [0.717, 1.165) is 41.5 Å². The molecule has 30 heavy (non-hydrogen) atoms. The maximum Gasteiger partial charge on any atom is 0.180 e. The average molecular weight is 426 g/mol. The molecule has 0 fully saturated rings. The second-order valence-corrected chi connectivity index (χ2v) is 7.62. The summed E-state index contributed by atoms with van der Waals surface area (Å²) < 4.78 is 19.2. The van der Waals surface area contributed by atoms with Gasteiger partial charge in [-0.3, -0.25) is 4.98 Å². The lowest BCUT2D eigenvalue weighted by molar-refractivity contribution is -0.0429. The zero-order valence-electron chi connectivity index (χ0n) is 16.2. The molecular weight excluding hydrogens is 405 g/mol. The van der Waals surface area contributed by atoms with E-state index in [0.29, 0.717) is 28.6 Å². The molecule has 0 saturated carbocycles. The number of rotatable bonds is 6. The summed E-state index contributed by atoms with van der Waals surface area (Å²) in [7, 11) is 0. The first kappa shape index (κ1) is 20.5. The molecule has 1 aliphatic rings. The van der Waals surface area contributed by atoms with Gasteiger partial charge in [0.1, 0.15) is 18.2 Å². The van der Waals surface area contributed by atoms with Gasteiger partial charge in [0.25, 0.3) is 0 Å². The Morgan fingerprint density at radius 3 is 2.57 bits per heavy atom. The SMILES string of the molecule is OC(O)c1cccnc1C1=C(c2cc(Cl)ccc2OCc2ccc(F)cc2)CCC1. The Morgan fingerprint density at radius 1 is 1.03 bits per heavy atom. The number of ether oxygens (including phenoxy) is 1. The van der Waals surface area contributed by atoms with Gasteiger partial charge >= 0.3 is 0 Å². The van der Waals surface area contributed by atoms with E-state index in [9.17, 15) is 14.6 Å². The second-order valence-electron chi connectivity index (χ2n) is 7.18. The van der Waals surface area contributed by atoms with Crippen molar-refractivity contribution in [2.24, 2.45) is 0 Å². The standard InChI is InChI=1S/C24H21ClFNO3/c25-16-8-11-22(30-14-15-6-9-17(26)10-7-15)21(13-16)18-3-1-4-19(18)23-20(24(28)29)5-2-12-27-23/h2,5-13,24,28-29H,1,3-4,14H2. The van der Waals surface area contributed by atoms with Crippen LogP contribution in [0.5, 0.6) is 5.75 Å². The van der Waals surface area contributed by atoms with E-state index in [4.69, 9.17) is 16.3 Å². The van der Waals surface area contributed by atoms with Crippen molar-refractivity contribution in [2.75, 3.05) is 0 Å². The Kier molecular flexibility index (Phi) is 6.13. The molecule has 154 valence electrons. The van der Waals surface area contributed by atoms with Crippen molar-refractivity contribution in [1.82, 2.24) is 4.98 Å². The fraction of sp³-hybridized carbons (Fsp3) is 0.208. The van der Waals surface area contributed by atoms with E-state index in [2.05, 4.69) is 4.98 Å². The lowest BCUT2D eigenvalue weighted by Crippen LogP contribution is -2.03. The van der Waals surface area contributed by atoms with Crippen molar-refractivity contribution in [3.63, 3.8) is 0 Å². The summed E-state index contributed by atoms with van der Waals surface area (Å²) in [5, 5.41) is 20.1. The maximum atomic E-state index is 13.2. The summed E-state index contributed by atoms with van der Waals surface area (Å²) in [6.07, 6.45) is 2.55. The molecular formula is C24H21ClFNO3. The van der Waals surface area contributed by atoms with Gasteiger partial charge in [-0.05, 0) is 72.4 Å². The monoisotopic (exact) mass is 425 g/mol. The van der Waals surface area contributed by atoms with Crippen LogP contribution < -0.4 is 4.74 Å². The van der Waals surface area contributed by atoms with Crippen LogP contribution in [0.4, 0.5) is 4.39 Å². The molecule has 0 amide bonds. The van der Waals surface area contributed by atoms with Crippen LogP contribution in [-0.4, -0.2) is 15.2 Å². The van der Waals surface area contributed by atoms with Gasteiger partial charge in [-0.15, -0.1) is 0 Å². The number of aliphatic hydroxyl groups excluding tert-OH is 1. The highest BCUT2D eigenvalue weighted by Gasteiger charge is 2.24. The Morgan fingerprint density at radius 2 is 1.80 bits per heavy atom. The van der Waals surface area contributed by atoms with Crippen LogP contribution >= 0.6 is 11.6 Å². The molecule has 2 aromatic carbocycles. The van der Waals surface area contributed by atoms with Crippen molar-refractivity contribution in [2.45, 2.75) is 32.2 Å². The lowest BCUT2D eigenvalue weighted by Gasteiger charge is -2.16. The van der Waals surface area contributed by atoms with E-state index in [1.807, 2.05) is 12.1 Å². The largest absolute Gasteiger partial charge is 0.488 e. The number of benzene rings is 2. The molecule has 4 rings (SSSR count). The lowest BCUT2D eigenvalue weighted by atomic mass is 9.96. The van der Waals surface area contributed by atoms with Gasteiger partial charge in [0.15, 0.2) is 6.29 Å². The molecule has 3 aromatic rings. The van der Waals surface area contributed by atoms with Crippen LogP contribution in [0.15, 0.2) is 60.8 Å². The zero-order chi connectivity index (χ0) is 21.1. The van der Waals surface area contributed by atoms with Gasteiger partial charge in [-0.1, -0.05) is 29.8 Å². The minimum Gasteiger partial charge on any atom is -0.488 e. The van der Waals surface area contributed by atoms with E-state index < -0.39 is 6.29 Å². The van der Waals surface area contributed by atoms with Crippen LogP contribution in [0.3, 0.4) is 0 Å². The first-order chi connectivity index (χ1) is 14.5. The van der Waals surface area contributed by atoms with Crippen LogP contribution in [0.25, 0.3) is 11.1 Å². The predicted octanol–water partition coefficient (Wildman–Crippen LogP) is 5.53. The van der Waals surface area contributed by atoms with Crippen molar-refractivity contribution < 1.29 is 19.3 Å². The molecule has 0 spiro atoms. The number of aromatic nitrogens is 1. The molecule has 0 aliphatic heterocycles. The van der Waals surface area contributed by atoms with E-state index in [1.54, 1.807) is 36.5 Å². The van der Waals surface area contributed by atoms with Gasteiger partial charge in [-0.25, -0.2) is 4.39 Å². The molecule has 0 bridgehead atoms. The maximum absolute atomic E-state index is 13.2. The number of halogens is 2. The first-order valence-electron chi connectivity index (χ1n) is 9.73. The topological polar surface area (TPSA) is 62.6 Å². The molecule has 0 atom stereocenters. The summed E-state index contributed by atoms with van der Waals surface area (Å²) in [6, 6.07) is 15.0. The third kappa shape index (κ3) is 4.38. The highest BCUT2D eigenvalue weighted by Crippen LogP contribution is 2.44. The van der Waals surface area contributed by atoms with Crippen molar-refractivity contribution in [3.05, 3.63) is 94.0 Å². The highest BCUT2D eigenvalue weighted by molar-refractivity contribution is 6.30. The van der Waals surface area contributed by atoms with Crippen LogP contribution in [0, 0.1) is 5.82 Å². The summed E-state index contributed by atoms with van der Waals surface area (Å²) in [6.45, 7) is 0.293. The number of hydrogen-bond donors (Lipinski definition) is 2. The van der Waals surface area contributed by atoms with Crippen LogP contribution in [0.2, 0.25) is 5.02 Å². The third-order valence-corrected chi connectivity index (χ3v) is 5.43. The van der Waals surface area contributed by atoms with E-state index >= 15 is 0 Å². The third-order valence-electron chi connectivity index (χ3n) is 5.20. The number of pyridine rings is 1. The molecule has 2 N–H and O–H groups in total. The predicted molar refractivity (Wildman–Crippen MR) is 114 cm³/mol. The van der Waals surface area contributed by atoms with Gasteiger partial charge < -0.3 is 14.9 Å². The van der Waals surface area contributed by atoms with E-state index in [1.165, 1.54) is 12.1 Å². The summed E-state index contributed by atoms with van der Waals surface area (Å²) >= 11 is 6.29. The summed E-state index contributed by atoms with van der Waals surface area (Å²) in [5.41, 5.74) is 4.68. The van der Waals surface area contributed by atoms with Gasteiger partial charge in [0.2, 0.25) is 0 Å². The molecule has 0 unspecified atom stereocenters.